The minimum Gasteiger partial charge on any atom is -0.469 e. The van der Waals surface area contributed by atoms with E-state index in [4.69, 9.17) is 14.7 Å². The summed E-state index contributed by atoms with van der Waals surface area (Å²) in [4.78, 5) is 23.4. The van der Waals surface area contributed by atoms with Gasteiger partial charge in [0.2, 0.25) is 0 Å². The lowest BCUT2D eigenvalue weighted by Crippen LogP contribution is -2.46. The maximum Gasteiger partial charge on any atom is 0.308 e. The van der Waals surface area contributed by atoms with Crippen molar-refractivity contribution < 1.29 is 9.53 Å². The predicted octanol–water partition coefficient (Wildman–Crippen LogP) is 3.45. The van der Waals surface area contributed by atoms with Crippen molar-refractivity contribution in [2.24, 2.45) is 10.9 Å². The number of guanidine groups is 1. The largest absolute Gasteiger partial charge is 0.469 e. The quantitative estimate of drug-likeness (QED) is 0.286. The lowest BCUT2D eigenvalue weighted by Gasteiger charge is -2.33. The number of hydrogen-bond acceptors (Lipinski definition) is 5. The number of rotatable bonds is 5. The van der Waals surface area contributed by atoms with Crippen LogP contribution in [0.5, 0.6) is 0 Å². The van der Waals surface area contributed by atoms with E-state index in [1.54, 1.807) is 11.3 Å². The van der Waals surface area contributed by atoms with Crippen LogP contribution in [0, 0.1) is 5.92 Å². The van der Waals surface area contributed by atoms with Gasteiger partial charge >= 0.3 is 5.97 Å². The Labute approximate surface area is 184 Å². The van der Waals surface area contributed by atoms with E-state index in [0.717, 1.165) is 62.1 Å². The molecule has 1 aliphatic rings. The highest BCUT2D eigenvalue weighted by Crippen LogP contribution is 2.24. The molecule has 0 saturated carbocycles. The molecule has 154 valence electrons. The number of esters is 1. The van der Waals surface area contributed by atoms with Crippen LogP contribution in [0.15, 0.2) is 10.4 Å². The second-order valence-electron chi connectivity index (χ2n) is 7.65. The van der Waals surface area contributed by atoms with E-state index < -0.39 is 0 Å². The van der Waals surface area contributed by atoms with Gasteiger partial charge in [-0.05, 0) is 19.8 Å². The highest BCUT2D eigenvalue weighted by Gasteiger charge is 2.27. The average Bonchev–Trinajstić information content (AvgIpc) is 3.10. The fourth-order valence-electron chi connectivity index (χ4n) is 2.95. The highest BCUT2D eigenvalue weighted by molar-refractivity contribution is 14.0. The summed E-state index contributed by atoms with van der Waals surface area (Å²) in [6, 6.07) is 0. The van der Waals surface area contributed by atoms with Crippen LogP contribution in [0.3, 0.4) is 0 Å². The number of ether oxygens (including phenoxy) is 1. The number of aromatic nitrogens is 1. The summed E-state index contributed by atoms with van der Waals surface area (Å²) in [5.41, 5.74) is 1.25. The molecule has 1 aliphatic heterocycles. The molecule has 0 aliphatic carbocycles. The SMILES string of the molecule is CCNC(=NCCc1nc(C(C)(C)C)cs1)N1CCC(C(=O)OC)CC1.I. The van der Waals surface area contributed by atoms with E-state index >= 15 is 0 Å². The first kappa shape index (κ1) is 24.1. The van der Waals surface area contributed by atoms with Crippen molar-refractivity contribution in [3.8, 4) is 0 Å². The van der Waals surface area contributed by atoms with Crippen molar-refractivity contribution in [3.05, 3.63) is 16.1 Å². The van der Waals surface area contributed by atoms with Crippen LogP contribution in [-0.4, -0.2) is 55.1 Å². The summed E-state index contributed by atoms with van der Waals surface area (Å²) in [6.45, 7) is 11.8. The van der Waals surface area contributed by atoms with Gasteiger partial charge in [0.05, 0.1) is 23.7 Å². The number of nitrogens with one attached hydrogen (secondary N) is 1. The summed E-state index contributed by atoms with van der Waals surface area (Å²) >= 11 is 1.72. The summed E-state index contributed by atoms with van der Waals surface area (Å²) in [5, 5.41) is 6.66. The molecule has 1 N–H and O–H groups in total. The number of methoxy groups -OCH3 is 1. The number of aliphatic imine (C=N–C) groups is 1. The minimum atomic E-state index is -0.0926. The van der Waals surface area contributed by atoms with Gasteiger partial charge in [-0.3, -0.25) is 9.79 Å². The molecule has 0 spiro atoms. The molecule has 8 heteroatoms. The Morgan fingerprint density at radius 1 is 1.41 bits per heavy atom. The van der Waals surface area contributed by atoms with Crippen LogP contribution in [0.2, 0.25) is 0 Å². The normalized spacial score (nSPS) is 16.0. The first-order valence-corrected chi connectivity index (χ1v) is 10.3. The zero-order valence-electron chi connectivity index (χ0n) is 17.1. The van der Waals surface area contributed by atoms with E-state index in [1.165, 1.54) is 7.11 Å². The Hall–Kier alpha value is -0.900. The van der Waals surface area contributed by atoms with Crippen LogP contribution >= 0.6 is 35.3 Å². The van der Waals surface area contributed by atoms with Gasteiger partial charge < -0.3 is 15.0 Å². The van der Waals surface area contributed by atoms with Crippen molar-refractivity contribution in [1.82, 2.24) is 15.2 Å². The Morgan fingerprint density at radius 3 is 2.59 bits per heavy atom. The van der Waals surface area contributed by atoms with Crippen LogP contribution in [0.4, 0.5) is 0 Å². The predicted molar refractivity (Wildman–Crippen MR) is 122 cm³/mol. The van der Waals surface area contributed by atoms with Crippen LogP contribution in [0.25, 0.3) is 0 Å². The van der Waals surface area contributed by atoms with Gasteiger partial charge in [-0.1, -0.05) is 20.8 Å². The van der Waals surface area contributed by atoms with Crippen molar-refractivity contribution >= 4 is 47.2 Å². The van der Waals surface area contributed by atoms with Crippen molar-refractivity contribution in [1.29, 1.82) is 0 Å². The van der Waals surface area contributed by atoms with E-state index in [-0.39, 0.29) is 41.3 Å². The Balaban J connectivity index is 0.00000364. The molecule has 6 nitrogen and oxygen atoms in total. The van der Waals surface area contributed by atoms with E-state index in [2.05, 4.69) is 43.3 Å². The molecule has 0 amide bonds. The Bertz CT molecular complexity index is 619. The smallest absolute Gasteiger partial charge is 0.308 e. The molecule has 0 atom stereocenters. The standard InChI is InChI=1S/C19H32N4O2S.HI/c1-6-20-18(23-11-8-14(9-12-23)17(24)25-5)21-10-7-16-22-15(13-26-16)19(2,3)4;/h13-14H,6-12H2,1-5H3,(H,20,21);1H. The molecule has 2 heterocycles. The molecule has 1 aromatic rings. The molecule has 1 fully saturated rings. The van der Waals surface area contributed by atoms with Gasteiger partial charge in [0.25, 0.3) is 0 Å². The summed E-state index contributed by atoms with van der Waals surface area (Å²) < 4.78 is 4.86. The molecule has 0 radical (unpaired) electrons. The lowest BCUT2D eigenvalue weighted by molar-refractivity contribution is -0.146. The third-order valence-electron chi connectivity index (χ3n) is 4.57. The maximum atomic E-state index is 11.7. The van der Waals surface area contributed by atoms with Gasteiger partial charge in [-0.25, -0.2) is 4.98 Å². The number of thiazole rings is 1. The van der Waals surface area contributed by atoms with Gasteiger partial charge in [0.15, 0.2) is 5.96 Å². The van der Waals surface area contributed by atoms with Crippen LogP contribution < -0.4 is 5.32 Å². The topological polar surface area (TPSA) is 66.8 Å². The number of hydrogen-bond donors (Lipinski definition) is 1. The van der Waals surface area contributed by atoms with Gasteiger partial charge in [-0.15, -0.1) is 35.3 Å². The molecule has 1 saturated heterocycles. The molecule has 2 rings (SSSR count). The van der Waals surface area contributed by atoms with E-state index in [9.17, 15) is 4.79 Å². The second-order valence-corrected chi connectivity index (χ2v) is 8.59. The second kappa shape index (κ2) is 11.2. The van der Waals surface area contributed by atoms with Gasteiger partial charge in [-0.2, -0.15) is 0 Å². The third kappa shape index (κ3) is 7.21. The number of halogens is 1. The monoisotopic (exact) mass is 508 g/mol. The molecule has 27 heavy (non-hydrogen) atoms. The summed E-state index contributed by atoms with van der Waals surface area (Å²) in [6.07, 6.45) is 2.49. The molecule has 1 aromatic heterocycles. The Kier molecular flexibility index (Phi) is 10.0. The van der Waals surface area contributed by atoms with Crippen molar-refractivity contribution in [3.63, 3.8) is 0 Å². The van der Waals surface area contributed by atoms with Crippen LogP contribution in [0.1, 0.15) is 51.2 Å². The number of nitrogens with zero attached hydrogens (tertiary/aromatic N) is 3. The first-order valence-electron chi connectivity index (χ1n) is 9.41. The summed E-state index contributed by atoms with van der Waals surface area (Å²) in [5.74, 6) is 0.860. The fourth-order valence-corrected chi connectivity index (χ4v) is 3.96. The molecular formula is C19H33IN4O2S. The van der Waals surface area contributed by atoms with Crippen LogP contribution in [-0.2, 0) is 21.4 Å². The first-order chi connectivity index (χ1) is 12.3. The van der Waals surface area contributed by atoms with Crippen molar-refractivity contribution in [2.75, 3.05) is 33.3 Å². The number of piperidine rings is 1. The van der Waals surface area contributed by atoms with Crippen molar-refractivity contribution in [2.45, 2.75) is 52.4 Å². The fraction of sp³-hybridized carbons (Fsp3) is 0.737. The number of carbonyl (C=O) groups excluding carboxylic acids is 1. The number of likely N-dealkylation sites (tertiary alicyclic amines) is 1. The average molecular weight is 508 g/mol. The zero-order chi connectivity index (χ0) is 19.2. The minimum absolute atomic E-state index is 0. The zero-order valence-corrected chi connectivity index (χ0v) is 20.2. The number of carbonyl (C=O) groups is 1. The third-order valence-corrected chi connectivity index (χ3v) is 5.48. The molecule has 0 aromatic carbocycles. The molecule has 0 unspecified atom stereocenters. The Morgan fingerprint density at radius 2 is 2.07 bits per heavy atom. The van der Waals surface area contributed by atoms with E-state index in [1.807, 2.05) is 0 Å². The molecular weight excluding hydrogens is 475 g/mol. The van der Waals surface area contributed by atoms with E-state index in [0.29, 0.717) is 0 Å². The van der Waals surface area contributed by atoms with Gasteiger partial charge in [0.1, 0.15) is 0 Å². The highest BCUT2D eigenvalue weighted by atomic mass is 127. The lowest BCUT2D eigenvalue weighted by atomic mass is 9.93. The summed E-state index contributed by atoms with van der Waals surface area (Å²) in [7, 11) is 1.46. The molecule has 0 bridgehead atoms. The van der Waals surface area contributed by atoms with Gasteiger partial charge in [0, 0.05) is 43.4 Å². The maximum absolute atomic E-state index is 11.7.